The van der Waals surface area contributed by atoms with Crippen LogP contribution < -0.4 is 5.32 Å². The molecule has 1 amide bonds. The number of halogens is 4. The fourth-order valence-electron chi connectivity index (χ4n) is 2.14. The molecular formula is C18H13ClF3N3OS3. The Hall–Kier alpha value is -1.75. The molecule has 3 aromatic rings. The highest BCUT2D eigenvalue weighted by Crippen LogP contribution is 2.32. The van der Waals surface area contributed by atoms with Gasteiger partial charge in [0.15, 0.2) is 8.68 Å². The van der Waals surface area contributed by atoms with E-state index in [2.05, 4.69) is 15.5 Å². The molecule has 0 atom stereocenters. The molecule has 0 aliphatic rings. The molecular weight excluding hydrogens is 463 g/mol. The number of rotatable bonds is 7. The number of benzene rings is 2. The van der Waals surface area contributed by atoms with Gasteiger partial charge in [0.25, 0.3) is 0 Å². The van der Waals surface area contributed by atoms with Gasteiger partial charge in [-0.2, -0.15) is 13.2 Å². The molecule has 29 heavy (non-hydrogen) atoms. The molecule has 0 fully saturated rings. The van der Waals surface area contributed by atoms with Gasteiger partial charge in [0.2, 0.25) is 5.91 Å². The van der Waals surface area contributed by atoms with Gasteiger partial charge < -0.3 is 5.32 Å². The van der Waals surface area contributed by atoms with E-state index < -0.39 is 17.6 Å². The standard InChI is InChI=1S/C18H13ClF3N3OS3/c19-13-6-4-11(5-7-13)9-27-16-24-25-17(29-16)28-10-15(26)23-14-3-1-2-12(8-14)18(20,21)22/h1-8H,9-10H2,(H,23,26). The van der Waals surface area contributed by atoms with Crippen LogP contribution in [0.5, 0.6) is 0 Å². The highest BCUT2D eigenvalue weighted by molar-refractivity contribution is 8.03. The van der Waals surface area contributed by atoms with Crippen LogP contribution >= 0.6 is 46.5 Å². The minimum Gasteiger partial charge on any atom is -0.325 e. The first-order valence-electron chi connectivity index (χ1n) is 8.10. The summed E-state index contributed by atoms with van der Waals surface area (Å²) in [6, 6.07) is 12.0. The van der Waals surface area contributed by atoms with Crippen molar-refractivity contribution in [1.29, 1.82) is 0 Å². The summed E-state index contributed by atoms with van der Waals surface area (Å²) in [5, 5.41) is 11.2. The Morgan fingerprint density at radius 2 is 1.76 bits per heavy atom. The van der Waals surface area contributed by atoms with Gasteiger partial charge in [-0.3, -0.25) is 4.79 Å². The van der Waals surface area contributed by atoms with Gasteiger partial charge in [0.05, 0.1) is 11.3 Å². The van der Waals surface area contributed by atoms with Crippen LogP contribution in [0.4, 0.5) is 18.9 Å². The smallest absolute Gasteiger partial charge is 0.325 e. The number of aromatic nitrogens is 2. The van der Waals surface area contributed by atoms with Gasteiger partial charge in [-0.05, 0) is 35.9 Å². The van der Waals surface area contributed by atoms with Crippen molar-refractivity contribution in [3.63, 3.8) is 0 Å². The molecule has 1 aromatic heterocycles. The first kappa shape index (κ1) is 21.9. The summed E-state index contributed by atoms with van der Waals surface area (Å²) >= 11 is 9.92. The van der Waals surface area contributed by atoms with Crippen molar-refractivity contribution in [3.8, 4) is 0 Å². The Morgan fingerprint density at radius 1 is 1.07 bits per heavy atom. The van der Waals surface area contributed by atoms with Gasteiger partial charge in [-0.15, -0.1) is 10.2 Å². The second-order valence-electron chi connectivity index (χ2n) is 5.66. The summed E-state index contributed by atoms with van der Waals surface area (Å²) in [4.78, 5) is 12.0. The predicted molar refractivity (Wildman–Crippen MR) is 112 cm³/mol. The zero-order chi connectivity index (χ0) is 20.9. The van der Waals surface area contributed by atoms with Crippen LogP contribution in [0.2, 0.25) is 5.02 Å². The summed E-state index contributed by atoms with van der Waals surface area (Å²) in [6.45, 7) is 0. The number of carbonyl (C=O) groups excluding carboxylic acids is 1. The number of alkyl halides is 3. The lowest BCUT2D eigenvalue weighted by Gasteiger charge is -2.09. The monoisotopic (exact) mass is 475 g/mol. The van der Waals surface area contributed by atoms with Crippen LogP contribution in [0.15, 0.2) is 57.2 Å². The van der Waals surface area contributed by atoms with Gasteiger partial charge in [-0.25, -0.2) is 0 Å². The number of anilines is 1. The zero-order valence-electron chi connectivity index (χ0n) is 14.6. The maximum Gasteiger partial charge on any atom is 0.416 e. The van der Waals surface area contributed by atoms with E-state index >= 15 is 0 Å². The van der Waals surface area contributed by atoms with Crippen molar-refractivity contribution in [2.24, 2.45) is 0 Å². The van der Waals surface area contributed by atoms with Crippen LogP contribution in [-0.4, -0.2) is 21.9 Å². The van der Waals surface area contributed by atoms with Crippen LogP contribution in [0.1, 0.15) is 11.1 Å². The molecule has 0 bridgehead atoms. The third-order valence-corrected chi connectivity index (χ3v) is 6.98. The minimum atomic E-state index is -4.46. The number of amides is 1. The molecule has 2 aromatic carbocycles. The van der Waals surface area contributed by atoms with Crippen molar-refractivity contribution < 1.29 is 18.0 Å². The Labute approximate surface area is 182 Å². The topological polar surface area (TPSA) is 54.9 Å². The first-order valence-corrected chi connectivity index (χ1v) is 11.3. The van der Waals surface area contributed by atoms with E-state index in [0.29, 0.717) is 15.1 Å². The molecule has 0 radical (unpaired) electrons. The van der Waals surface area contributed by atoms with Crippen molar-refractivity contribution in [1.82, 2.24) is 10.2 Å². The summed E-state index contributed by atoms with van der Waals surface area (Å²) in [5.74, 6) is 0.319. The SMILES string of the molecule is O=C(CSc1nnc(SCc2ccc(Cl)cc2)s1)Nc1cccc(C(F)(F)F)c1. The van der Waals surface area contributed by atoms with E-state index in [0.717, 1.165) is 22.0 Å². The molecule has 3 rings (SSSR count). The lowest BCUT2D eigenvalue weighted by atomic mass is 10.2. The maximum atomic E-state index is 12.7. The van der Waals surface area contributed by atoms with E-state index in [9.17, 15) is 18.0 Å². The van der Waals surface area contributed by atoms with Gasteiger partial charge >= 0.3 is 6.18 Å². The van der Waals surface area contributed by atoms with Crippen molar-refractivity contribution >= 4 is 58.1 Å². The average molecular weight is 476 g/mol. The fraction of sp³-hybridized carbons (Fsp3) is 0.167. The second-order valence-corrected chi connectivity index (χ2v) is 9.52. The van der Waals surface area contributed by atoms with Crippen molar-refractivity contribution in [2.45, 2.75) is 20.6 Å². The Morgan fingerprint density at radius 3 is 2.45 bits per heavy atom. The molecule has 0 aliphatic heterocycles. The molecule has 0 aliphatic carbocycles. The van der Waals surface area contributed by atoms with Gasteiger partial charge in [-0.1, -0.05) is 64.7 Å². The van der Waals surface area contributed by atoms with Crippen LogP contribution in [0, 0.1) is 0 Å². The van der Waals surface area contributed by atoms with Crippen molar-refractivity contribution in [3.05, 3.63) is 64.7 Å². The van der Waals surface area contributed by atoms with E-state index in [1.165, 1.54) is 47.0 Å². The number of hydrogen-bond donors (Lipinski definition) is 1. The summed E-state index contributed by atoms with van der Waals surface area (Å²) in [6.07, 6.45) is -4.46. The molecule has 0 saturated carbocycles. The molecule has 1 heterocycles. The quantitative estimate of drug-likeness (QED) is 0.410. The van der Waals surface area contributed by atoms with Gasteiger partial charge in [0, 0.05) is 16.5 Å². The molecule has 1 N–H and O–H groups in total. The maximum absolute atomic E-state index is 12.7. The lowest BCUT2D eigenvalue weighted by molar-refractivity contribution is -0.137. The molecule has 11 heteroatoms. The molecule has 4 nitrogen and oxygen atoms in total. The van der Waals surface area contributed by atoms with E-state index in [1.54, 1.807) is 0 Å². The molecule has 0 spiro atoms. The molecule has 0 saturated heterocycles. The number of hydrogen-bond acceptors (Lipinski definition) is 6. The summed E-state index contributed by atoms with van der Waals surface area (Å²) in [7, 11) is 0. The predicted octanol–water partition coefficient (Wildman–Crippen LogP) is 6.23. The number of nitrogens with zero attached hydrogens (tertiary/aromatic N) is 2. The number of carbonyl (C=O) groups is 1. The van der Waals surface area contributed by atoms with Gasteiger partial charge in [0.1, 0.15) is 0 Å². The highest BCUT2D eigenvalue weighted by atomic mass is 35.5. The third kappa shape index (κ3) is 6.91. The summed E-state index contributed by atoms with van der Waals surface area (Å²) < 4.78 is 39.6. The number of nitrogens with one attached hydrogen (secondary N) is 1. The highest BCUT2D eigenvalue weighted by Gasteiger charge is 2.30. The van der Waals surface area contributed by atoms with E-state index in [1.807, 2.05) is 24.3 Å². The Balaban J connectivity index is 1.48. The lowest BCUT2D eigenvalue weighted by Crippen LogP contribution is -2.15. The van der Waals surface area contributed by atoms with Crippen molar-refractivity contribution in [2.75, 3.05) is 11.1 Å². The average Bonchev–Trinajstić information content (AvgIpc) is 3.13. The second kappa shape index (κ2) is 9.84. The zero-order valence-corrected chi connectivity index (χ0v) is 17.8. The number of thioether (sulfide) groups is 2. The Kier molecular flexibility index (Phi) is 7.44. The molecule has 0 unspecified atom stereocenters. The Bertz CT molecular complexity index is 980. The van der Waals surface area contributed by atoms with Crippen LogP contribution in [0.25, 0.3) is 0 Å². The van der Waals surface area contributed by atoms with E-state index in [-0.39, 0.29) is 11.4 Å². The largest absolute Gasteiger partial charge is 0.416 e. The fourth-order valence-corrected chi connectivity index (χ4v) is 5.04. The first-order chi connectivity index (χ1) is 13.8. The minimum absolute atomic E-state index is 0.0206. The third-order valence-electron chi connectivity index (χ3n) is 3.46. The normalized spacial score (nSPS) is 11.4. The van der Waals surface area contributed by atoms with E-state index in [4.69, 9.17) is 11.6 Å². The summed E-state index contributed by atoms with van der Waals surface area (Å²) in [5.41, 5.74) is 0.389. The van der Waals surface area contributed by atoms with Crippen LogP contribution in [-0.2, 0) is 16.7 Å². The molecule has 152 valence electrons. The van der Waals surface area contributed by atoms with Crippen LogP contribution in [0.3, 0.4) is 0 Å².